The lowest BCUT2D eigenvalue weighted by molar-refractivity contribution is 0.855. The van der Waals surface area contributed by atoms with E-state index in [4.69, 9.17) is 0 Å². The van der Waals surface area contributed by atoms with Crippen molar-refractivity contribution in [3.05, 3.63) is 35.9 Å². The van der Waals surface area contributed by atoms with Crippen molar-refractivity contribution in [2.45, 2.75) is 12.8 Å². The quantitative estimate of drug-likeness (QED) is 0.851. The van der Waals surface area contributed by atoms with Crippen LogP contribution < -0.4 is 0 Å². The van der Waals surface area contributed by atoms with Crippen molar-refractivity contribution >= 4 is 24.8 Å². The van der Waals surface area contributed by atoms with Crippen LogP contribution >= 0.6 is 24.8 Å². The van der Waals surface area contributed by atoms with E-state index in [1.165, 1.54) is 0 Å². The number of rotatable bonds is 3. The Bertz CT molecular complexity index is 283. The fourth-order valence-corrected chi connectivity index (χ4v) is 1.12. The van der Waals surface area contributed by atoms with Crippen molar-refractivity contribution in [1.82, 2.24) is 20.4 Å². The molecule has 6 heteroatoms. The van der Waals surface area contributed by atoms with Crippen molar-refractivity contribution in [2.75, 3.05) is 0 Å². The zero-order chi connectivity index (χ0) is 8.23. The number of halogens is 2. The predicted octanol–water partition coefficient (Wildman–Crippen LogP) is 1.76. The first-order valence-corrected chi connectivity index (χ1v) is 3.91. The third kappa shape index (κ3) is 3.40. The molecule has 0 unspecified atom stereocenters. The normalized spacial score (nSPS) is 8.86. The summed E-state index contributed by atoms with van der Waals surface area (Å²) in [6.45, 7) is 0. The van der Waals surface area contributed by atoms with Gasteiger partial charge in [-0.15, -0.1) is 24.8 Å². The van der Waals surface area contributed by atoms with Gasteiger partial charge in [-0.05, 0) is 25.0 Å². The highest BCUT2D eigenvalue weighted by Crippen LogP contribution is 2.00. The summed E-state index contributed by atoms with van der Waals surface area (Å²) in [7, 11) is 0. The molecule has 0 saturated carbocycles. The van der Waals surface area contributed by atoms with E-state index >= 15 is 0 Å². The molecule has 0 aliphatic heterocycles. The van der Waals surface area contributed by atoms with Gasteiger partial charge < -0.3 is 0 Å². The van der Waals surface area contributed by atoms with E-state index in [1.54, 1.807) is 12.4 Å². The van der Waals surface area contributed by atoms with Gasteiger partial charge in [0.2, 0.25) is 0 Å². The Labute approximate surface area is 94.3 Å². The van der Waals surface area contributed by atoms with Crippen molar-refractivity contribution in [3.8, 4) is 0 Å². The Balaban J connectivity index is 0.000000845. The van der Waals surface area contributed by atoms with Crippen LogP contribution in [0.15, 0.2) is 24.5 Å². The van der Waals surface area contributed by atoms with E-state index in [1.807, 2.05) is 12.1 Å². The number of hydrogen-bond donors (Lipinski definition) is 2. The van der Waals surface area contributed by atoms with Crippen LogP contribution in [0.1, 0.15) is 11.4 Å². The molecular weight excluding hydrogens is 223 g/mol. The average Bonchev–Trinajstić information content (AvgIpc) is 2.74. The molecule has 0 saturated heterocycles. The van der Waals surface area contributed by atoms with Crippen LogP contribution in [-0.2, 0) is 12.8 Å². The summed E-state index contributed by atoms with van der Waals surface area (Å²) in [5, 5.41) is 13.6. The first-order chi connectivity index (χ1) is 5.95. The third-order valence-corrected chi connectivity index (χ3v) is 1.78. The molecule has 2 rings (SSSR count). The van der Waals surface area contributed by atoms with Crippen LogP contribution in [0, 0.1) is 0 Å². The van der Waals surface area contributed by atoms with Crippen LogP contribution in [0.5, 0.6) is 0 Å². The number of nitrogens with zero attached hydrogens (tertiary/aromatic N) is 2. The maximum atomic E-state index is 3.87. The molecule has 2 aromatic heterocycles. The van der Waals surface area contributed by atoms with E-state index in [0.29, 0.717) is 0 Å². The highest BCUT2D eigenvalue weighted by Gasteiger charge is 1.96. The molecule has 2 heterocycles. The summed E-state index contributed by atoms with van der Waals surface area (Å²) < 4.78 is 0. The minimum atomic E-state index is 0. The molecular formula is C8H12Cl2N4. The molecule has 4 nitrogen and oxygen atoms in total. The topological polar surface area (TPSA) is 57.4 Å². The van der Waals surface area contributed by atoms with Crippen LogP contribution in [-0.4, -0.2) is 20.4 Å². The van der Waals surface area contributed by atoms with Gasteiger partial charge in [0.25, 0.3) is 0 Å². The number of hydrogen-bond acceptors (Lipinski definition) is 2. The number of aromatic nitrogens is 4. The smallest absolute Gasteiger partial charge is 0.0490 e. The molecule has 2 aromatic rings. The molecule has 0 fully saturated rings. The molecule has 0 bridgehead atoms. The summed E-state index contributed by atoms with van der Waals surface area (Å²) in [5.74, 6) is 0. The standard InChI is InChI=1S/C8H10N4.2ClH/c1(7-3-5-9-11-7)2-8-4-6-10-12-8;;/h3-6H,1-2H2,(H,9,11)(H,10,12);2*1H. The zero-order valence-electron chi connectivity index (χ0n) is 7.43. The Hall–Kier alpha value is -1.00. The highest BCUT2D eigenvalue weighted by atomic mass is 35.5. The van der Waals surface area contributed by atoms with Crippen LogP contribution in [0.25, 0.3) is 0 Å². The van der Waals surface area contributed by atoms with Gasteiger partial charge in [0, 0.05) is 23.8 Å². The predicted molar refractivity (Wildman–Crippen MR) is 59.1 cm³/mol. The van der Waals surface area contributed by atoms with E-state index in [9.17, 15) is 0 Å². The third-order valence-electron chi connectivity index (χ3n) is 1.78. The Morgan fingerprint density at radius 1 is 0.857 bits per heavy atom. The fraction of sp³-hybridized carbons (Fsp3) is 0.250. The lowest BCUT2D eigenvalue weighted by Crippen LogP contribution is -1.91. The number of nitrogens with one attached hydrogen (secondary N) is 2. The van der Waals surface area contributed by atoms with Gasteiger partial charge in [-0.2, -0.15) is 10.2 Å². The first-order valence-electron chi connectivity index (χ1n) is 3.91. The van der Waals surface area contributed by atoms with Crippen LogP contribution in [0.4, 0.5) is 0 Å². The SMILES string of the molecule is Cl.Cl.c1cc(CCc2ccn[nH]2)[nH]n1. The van der Waals surface area contributed by atoms with Gasteiger partial charge >= 0.3 is 0 Å². The second kappa shape index (κ2) is 6.45. The summed E-state index contributed by atoms with van der Waals surface area (Å²) in [6.07, 6.45) is 5.48. The van der Waals surface area contributed by atoms with Gasteiger partial charge in [0.05, 0.1) is 0 Å². The van der Waals surface area contributed by atoms with Crippen molar-refractivity contribution in [2.24, 2.45) is 0 Å². The zero-order valence-corrected chi connectivity index (χ0v) is 9.07. The minimum absolute atomic E-state index is 0. The van der Waals surface area contributed by atoms with Gasteiger partial charge in [-0.3, -0.25) is 10.2 Å². The Morgan fingerprint density at radius 3 is 1.57 bits per heavy atom. The molecule has 0 atom stereocenters. The maximum absolute atomic E-state index is 3.87. The summed E-state index contributed by atoms with van der Waals surface area (Å²) in [5.41, 5.74) is 2.31. The summed E-state index contributed by atoms with van der Waals surface area (Å²) >= 11 is 0. The molecule has 14 heavy (non-hydrogen) atoms. The molecule has 0 aliphatic carbocycles. The fourth-order valence-electron chi connectivity index (χ4n) is 1.12. The van der Waals surface area contributed by atoms with Gasteiger partial charge in [0.1, 0.15) is 0 Å². The average molecular weight is 235 g/mol. The molecule has 78 valence electrons. The monoisotopic (exact) mass is 234 g/mol. The second-order valence-corrected chi connectivity index (χ2v) is 2.66. The van der Waals surface area contributed by atoms with E-state index in [0.717, 1.165) is 24.2 Å². The number of aromatic amines is 2. The van der Waals surface area contributed by atoms with Crippen molar-refractivity contribution < 1.29 is 0 Å². The number of aryl methyl sites for hydroxylation is 2. The highest BCUT2D eigenvalue weighted by molar-refractivity contribution is 5.85. The van der Waals surface area contributed by atoms with Gasteiger partial charge in [0.15, 0.2) is 0 Å². The van der Waals surface area contributed by atoms with Crippen molar-refractivity contribution in [3.63, 3.8) is 0 Å². The van der Waals surface area contributed by atoms with E-state index in [-0.39, 0.29) is 24.8 Å². The molecule has 0 spiro atoms. The summed E-state index contributed by atoms with van der Waals surface area (Å²) in [4.78, 5) is 0. The molecule has 0 amide bonds. The van der Waals surface area contributed by atoms with Gasteiger partial charge in [-0.1, -0.05) is 0 Å². The van der Waals surface area contributed by atoms with Gasteiger partial charge in [-0.25, -0.2) is 0 Å². The Kier molecular flexibility index (Phi) is 5.99. The maximum Gasteiger partial charge on any atom is 0.0490 e. The largest absolute Gasteiger partial charge is 0.283 e. The lowest BCUT2D eigenvalue weighted by atomic mass is 10.2. The van der Waals surface area contributed by atoms with E-state index < -0.39 is 0 Å². The number of H-pyrrole nitrogens is 2. The molecule has 0 aromatic carbocycles. The summed E-state index contributed by atoms with van der Waals surface area (Å²) in [6, 6.07) is 3.97. The van der Waals surface area contributed by atoms with Crippen molar-refractivity contribution in [1.29, 1.82) is 0 Å². The van der Waals surface area contributed by atoms with Crippen LogP contribution in [0.2, 0.25) is 0 Å². The van der Waals surface area contributed by atoms with E-state index in [2.05, 4.69) is 20.4 Å². The molecule has 0 radical (unpaired) electrons. The lowest BCUT2D eigenvalue weighted by Gasteiger charge is -1.93. The first kappa shape index (κ1) is 13.0. The van der Waals surface area contributed by atoms with Crippen LogP contribution in [0.3, 0.4) is 0 Å². The Morgan fingerprint density at radius 2 is 1.29 bits per heavy atom. The minimum Gasteiger partial charge on any atom is -0.283 e. The molecule has 2 N–H and O–H groups in total. The second-order valence-electron chi connectivity index (χ2n) is 2.66. The molecule has 0 aliphatic rings.